The molecular weight excluding hydrogens is 500 g/mol. The van der Waals surface area contributed by atoms with Gasteiger partial charge in [0.05, 0.1) is 14.2 Å². The standard InChI is InChI=1S/C34H38N2O4/c1-39-27-17-25(33(37)29(19-27)23-11-5-3-6-12-23)21-35-31-15-9-10-16-32(31)36-22-26-18-28(40-2)20-30(34(26)38)24-13-7-4-8-14-24/h3-8,11-14,17-20,31-32,35-38H,9-10,15-16,21-22H2,1-2H3/t31-,32-/m1/s1. The Labute approximate surface area is 236 Å². The van der Waals surface area contributed by atoms with E-state index in [1.54, 1.807) is 14.2 Å². The smallest absolute Gasteiger partial charge is 0.128 e. The number of phenols is 2. The van der Waals surface area contributed by atoms with E-state index in [0.717, 1.165) is 70.6 Å². The first-order valence-corrected chi connectivity index (χ1v) is 13.9. The summed E-state index contributed by atoms with van der Waals surface area (Å²) in [5, 5.41) is 29.7. The van der Waals surface area contributed by atoms with Crippen molar-refractivity contribution in [2.75, 3.05) is 14.2 Å². The van der Waals surface area contributed by atoms with E-state index in [4.69, 9.17) is 9.47 Å². The molecule has 4 aromatic rings. The minimum atomic E-state index is 0.223. The molecule has 1 saturated carbocycles. The fraction of sp³-hybridized carbons (Fsp3) is 0.294. The molecular formula is C34H38N2O4. The lowest BCUT2D eigenvalue weighted by atomic mass is 9.89. The quantitative estimate of drug-likeness (QED) is 0.181. The minimum Gasteiger partial charge on any atom is -0.507 e. The highest BCUT2D eigenvalue weighted by molar-refractivity contribution is 5.74. The van der Waals surface area contributed by atoms with Gasteiger partial charge in [0.2, 0.25) is 0 Å². The molecule has 4 aromatic carbocycles. The van der Waals surface area contributed by atoms with Gasteiger partial charge >= 0.3 is 0 Å². The van der Waals surface area contributed by atoms with Gasteiger partial charge in [-0.05, 0) is 48.2 Å². The monoisotopic (exact) mass is 538 g/mol. The van der Waals surface area contributed by atoms with Crippen LogP contribution in [0.4, 0.5) is 0 Å². The summed E-state index contributed by atoms with van der Waals surface area (Å²) in [6.07, 6.45) is 4.37. The molecule has 6 nitrogen and oxygen atoms in total. The zero-order valence-electron chi connectivity index (χ0n) is 23.2. The number of methoxy groups -OCH3 is 2. The van der Waals surface area contributed by atoms with Crippen LogP contribution in [0.5, 0.6) is 23.0 Å². The number of hydrogen-bond donors (Lipinski definition) is 4. The average molecular weight is 539 g/mol. The topological polar surface area (TPSA) is 83.0 Å². The second-order valence-electron chi connectivity index (χ2n) is 10.4. The van der Waals surface area contributed by atoms with Crippen LogP contribution in [-0.2, 0) is 13.1 Å². The summed E-state index contributed by atoms with van der Waals surface area (Å²) in [4.78, 5) is 0. The Morgan fingerprint density at radius 3 is 1.40 bits per heavy atom. The fourth-order valence-electron chi connectivity index (χ4n) is 5.61. The van der Waals surface area contributed by atoms with Gasteiger partial charge in [0.1, 0.15) is 23.0 Å². The Balaban J connectivity index is 1.31. The van der Waals surface area contributed by atoms with E-state index in [1.807, 2.05) is 84.9 Å². The molecule has 5 rings (SSSR count). The predicted molar refractivity (Wildman–Crippen MR) is 160 cm³/mol. The zero-order chi connectivity index (χ0) is 27.9. The second-order valence-corrected chi connectivity index (χ2v) is 10.4. The van der Waals surface area contributed by atoms with Gasteiger partial charge < -0.3 is 30.3 Å². The third-order valence-corrected chi connectivity index (χ3v) is 7.84. The second kappa shape index (κ2) is 12.9. The van der Waals surface area contributed by atoms with Gasteiger partial charge in [0, 0.05) is 47.4 Å². The molecule has 0 aliphatic heterocycles. The summed E-state index contributed by atoms with van der Waals surface area (Å²) in [6, 6.07) is 27.8. The van der Waals surface area contributed by atoms with Crippen LogP contribution in [0.15, 0.2) is 84.9 Å². The summed E-state index contributed by atoms with van der Waals surface area (Å²) in [6.45, 7) is 1.04. The van der Waals surface area contributed by atoms with E-state index in [2.05, 4.69) is 10.6 Å². The Morgan fingerprint density at radius 1 is 0.625 bits per heavy atom. The third-order valence-electron chi connectivity index (χ3n) is 7.84. The minimum absolute atomic E-state index is 0.223. The molecule has 0 heterocycles. The number of nitrogens with one attached hydrogen (secondary N) is 2. The van der Waals surface area contributed by atoms with Crippen molar-refractivity contribution in [3.63, 3.8) is 0 Å². The highest BCUT2D eigenvalue weighted by Gasteiger charge is 2.26. The molecule has 2 atom stereocenters. The van der Waals surface area contributed by atoms with Crippen LogP contribution in [0.25, 0.3) is 22.3 Å². The number of hydrogen-bond acceptors (Lipinski definition) is 6. The fourth-order valence-corrected chi connectivity index (χ4v) is 5.61. The van der Waals surface area contributed by atoms with Gasteiger partial charge in [-0.15, -0.1) is 0 Å². The Kier molecular flexibility index (Phi) is 8.89. The summed E-state index contributed by atoms with van der Waals surface area (Å²) >= 11 is 0. The van der Waals surface area contributed by atoms with Gasteiger partial charge in [0.15, 0.2) is 0 Å². The van der Waals surface area contributed by atoms with Crippen molar-refractivity contribution >= 4 is 0 Å². The molecule has 0 saturated heterocycles. The molecule has 0 spiro atoms. The lowest BCUT2D eigenvalue weighted by Crippen LogP contribution is -2.49. The molecule has 0 bridgehead atoms. The molecule has 0 unspecified atom stereocenters. The van der Waals surface area contributed by atoms with Crippen molar-refractivity contribution in [3.8, 4) is 45.3 Å². The first-order chi connectivity index (χ1) is 19.6. The number of benzene rings is 4. The predicted octanol–water partition coefficient (Wildman–Crippen LogP) is 6.64. The van der Waals surface area contributed by atoms with E-state index in [0.29, 0.717) is 13.1 Å². The maximum Gasteiger partial charge on any atom is 0.128 e. The van der Waals surface area contributed by atoms with Crippen molar-refractivity contribution in [1.29, 1.82) is 0 Å². The van der Waals surface area contributed by atoms with Gasteiger partial charge in [0.25, 0.3) is 0 Å². The summed E-state index contributed by atoms with van der Waals surface area (Å²) in [5.41, 5.74) is 5.03. The van der Waals surface area contributed by atoms with E-state index < -0.39 is 0 Å². The van der Waals surface area contributed by atoms with E-state index in [-0.39, 0.29) is 23.6 Å². The first-order valence-electron chi connectivity index (χ1n) is 13.9. The van der Waals surface area contributed by atoms with Crippen LogP contribution in [0.3, 0.4) is 0 Å². The highest BCUT2D eigenvalue weighted by Crippen LogP contribution is 2.38. The molecule has 0 aromatic heterocycles. The molecule has 4 N–H and O–H groups in total. The van der Waals surface area contributed by atoms with Crippen LogP contribution >= 0.6 is 0 Å². The van der Waals surface area contributed by atoms with Crippen LogP contribution in [0.2, 0.25) is 0 Å². The summed E-state index contributed by atoms with van der Waals surface area (Å²) in [5.74, 6) is 1.98. The van der Waals surface area contributed by atoms with Crippen LogP contribution in [-0.4, -0.2) is 36.5 Å². The largest absolute Gasteiger partial charge is 0.507 e. The molecule has 0 amide bonds. The molecule has 0 radical (unpaired) electrons. The summed E-state index contributed by atoms with van der Waals surface area (Å²) < 4.78 is 11.1. The van der Waals surface area contributed by atoms with Gasteiger partial charge in [-0.3, -0.25) is 0 Å². The SMILES string of the molecule is COc1cc(CN[C@@H]2CCCC[C@H]2NCc2cc(OC)cc(-c3ccccc3)c2O)c(O)c(-c2ccccc2)c1. The lowest BCUT2D eigenvalue weighted by Gasteiger charge is -2.33. The van der Waals surface area contributed by atoms with Gasteiger partial charge in [-0.25, -0.2) is 0 Å². The molecule has 1 aliphatic carbocycles. The van der Waals surface area contributed by atoms with Crippen molar-refractivity contribution in [1.82, 2.24) is 10.6 Å². The number of ether oxygens (including phenoxy) is 2. The Hall–Kier alpha value is -4.00. The normalized spacial score (nSPS) is 16.9. The molecule has 1 aliphatic rings. The average Bonchev–Trinajstić information content (AvgIpc) is 3.01. The summed E-state index contributed by atoms with van der Waals surface area (Å²) in [7, 11) is 3.30. The zero-order valence-corrected chi connectivity index (χ0v) is 23.2. The maximum atomic E-state index is 11.2. The van der Waals surface area contributed by atoms with E-state index in [9.17, 15) is 10.2 Å². The van der Waals surface area contributed by atoms with Gasteiger partial charge in [-0.2, -0.15) is 0 Å². The Bertz CT molecular complexity index is 1300. The van der Waals surface area contributed by atoms with E-state index >= 15 is 0 Å². The molecule has 1 fully saturated rings. The molecule has 40 heavy (non-hydrogen) atoms. The van der Waals surface area contributed by atoms with Crippen molar-refractivity contribution < 1.29 is 19.7 Å². The molecule has 208 valence electrons. The lowest BCUT2D eigenvalue weighted by molar-refractivity contribution is 0.279. The molecule has 6 heteroatoms. The van der Waals surface area contributed by atoms with E-state index in [1.165, 1.54) is 0 Å². The van der Waals surface area contributed by atoms with Crippen molar-refractivity contribution in [2.24, 2.45) is 0 Å². The van der Waals surface area contributed by atoms with Crippen LogP contribution in [0, 0.1) is 0 Å². The Morgan fingerprint density at radius 2 is 1.02 bits per heavy atom. The third kappa shape index (κ3) is 6.24. The van der Waals surface area contributed by atoms with Crippen LogP contribution in [0.1, 0.15) is 36.8 Å². The van der Waals surface area contributed by atoms with Crippen LogP contribution < -0.4 is 20.1 Å². The number of rotatable bonds is 10. The van der Waals surface area contributed by atoms with Gasteiger partial charge in [-0.1, -0.05) is 73.5 Å². The maximum absolute atomic E-state index is 11.2. The van der Waals surface area contributed by atoms with Crippen molar-refractivity contribution in [2.45, 2.75) is 50.9 Å². The van der Waals surface area contributed by atoms with Crippen molar-refractivity contribution in [3.05, 3.63) is 96.1 Å². The number of phenolic OH excluding ortho intramolecular Hbond substituents is 2. The first kappa shape index (κ1) is 27.6. The highest BCUT2D eigenvalue weighted by atomic mass is 16.5. The number of aromatic hydroxyl groups is 2.